The summed E-state index contributed by atoms with van der Waals surface area (Å²) in [6.45, 7) is 0. The lowest BCUT2D eigenvalue weighted by Gasteiger charge is -2.13. The Morgan fingerprint density at radius 2 is 1.06 bits per heavy atom. The summed E-state index contributed by atoms with van der Waals surface area (Å²) in [4.78, 5) is 5.36. The summed E-state index contributed by atoms with van der Waals surface area (Å²) >= 11 is 0. The van der Waals surface area contributed by atoms with Gasteiger partial charge < -0.3 is 4.57 Å². The largest absolute Gasteiger partial charge is 0.307 e. The Bertz CT molecular complexity index is 2960. The number of nitriles is 1. The molecule has 10 rings (SSSR count). The Morgan fingerprint density at radius 3 is 1.79 bits per heavy atom. The monoisotopic (exact) mass is 610 g/mol. The number of pyridine rings is 1. The van der Waals surface area contributed by atoms with Gasteiger partial charge in [0, 0.05) is 32.8 Å². The minimum atomic E-state index is 0.672. The molecule has 0 atom stereocenters. The molecule has 4 heteroatoms. The highest BCUT2D eigenvalue weighted by Crippen LogP contribution is 2.41. The van der Waals surface area contributed by atoms with Gasteiger partial charge in [0.2, 0.25) is 0 Å². The number of para-hydroxylation sites is 3. The fraction of sp³-hybridized carbons (Fsp3) is 0. The van der Waals surface area contributed by atoms with Crippen LogP contribution < -0.4 is 0 Å². The number of hydrogen-bond acceptors (Lipinski definition) is 2. The highest BCUT2D eigenvalue weighted by Gasteiger charge is 2.21. The van der Waals surface area contributed by atoms with Crippen molar-refractivity contribution in [2.75, 3.05) is 0 Å². The van der Waals surface area contributed by atoms with Gasteiger partial charge in [0.25, 0.3) is 0 Å². The Hall–Kier alpha value is -6.70. The van der Waals surface area contributed by atoms with Gasteiger partial charge in [-0.3, -0.25) is 4.57 Å². The SMILES string of the molecule is N#Cc1ccc2c(ccc3cc(-c4cccc(-n5c6ccccc6c6ccc7c8ccccc8n(-c8ccccc8)c7c65)n4)ccc32)c1. The molecule has 0 spiro atoms. The molecule has 0 aliphatic carbocycles. The van der Waals surface area contributed by atoms with Crippen molar-refractivity contribution in [1.82, 2.24) is 14.1 Å². The normalized spacial score (nSPS) is 11.7. The predicted octanol–water partition coefficient (Wildman–Crippen LogP) is 11.1. The van der Waals surface area contributed by atoms with E-state index in [0.717, 1.165) is 55.3 Å². The van der Waals surface area contributed by atoms with Crippen molar-refractivity contribution in [2.45, 2.75) is 0 Å². The van der Waals surface area contributed by atoms with Crippen LogP contribution in [0.25, 0.3) is 87.9 Å². The lowest BCUT2D eigenvalue weighted by molar-refractivity contribution is 1.08. The summed E-state index contributed by atoms with van der Waals surface area (Å²) in [5.74, 6) is 0.874. The van der Waals surface area contributed by atoms with E-state index in [-0.39, 0.29) is 0 Å². The minimum absolute atomic E-state index is 0.672. The molecule has 0 amide bonds. The minimum Gasteiger partial charge on any atom is -0.307 e. The molecule has 0 saturated carbocycles. The van der Waals surface area contributed by atoms with Crippen molar-refractivity contribution in [3.63, 3.8) is 0 Å². The van der Waals surface area contributed by atoms with Gasteiger partial charge in [-0.1, -0.05) is 103 Å². The van der Waals surface area contributed by atoms with E-state index in [0.29, 0.717) is 5.56 Å². The second-order valence-corrected chi connectivity index (χ2v) is 12.3. The number of aromatic nitrogens is 3. The van der Waals surface area contributed by atoms with Crippen molar-refractivity contribution < 1.29 is 0 Å². The average molecular weight is 611 g/mol. The van der Waals surface area contributed by atoms with Crippen LogP contribution in [0.4, 0.5) is 0 Å². The number of nitrogens with zero attached hydrogens (tertiary/aromatic N) is 4. The number of fused-ring (bicyclic) bond motifs is 10. The summed E-state index contributed by atoms with van der Waals surface area (Å²) in [6, 6.07) is 57.8. The van der Waals surface area contributed by atoms with Gasteiger partial charge in [-0.2, -0.15) is 5.26 Å². The molecule has 0 aliphatic rings. The Morgan fingerprint density at radius 1 is 0.458 bits per heavy atom. The third-order valence-electron chi connectivity index (χ3n) is 9.71. The standard InChI is InChI=1S/C44H26N4/c45-27-28-17-21-33-29(25-28)18-19-30-26-31(20-22-34(30)33)39-13-8-16-42(46-39)48-41-15-7-5-12-36(41)38-24-23-37-35-11-4-6-14-40(35)47(43(37)44(38)48)32-9-2-1-3-10-32/h1-26H. The van der Waals surface area contributed by atoms with Gasteiger partial charge in [-0.25, -0.2) is 4.98 Å². The zero-order valence-electron chi connectivity index (χ0n) is 25.8. The van der Waals surface area contributed by atoms with Crippen molar-refractivity contribution in [3.05, 3.63) is 163 Å². The van der Waals surface area contributed by atoms with Crippen LogP contribution in [0.1, 0.15) is 5.56 Å². The lowest BCUT2D eigenvalue weighted by Crippen LogP contribution is -2.01. The summed E-state index contributed by atoms with van der Waals surface area (Å²) in [5, 5.41) is 18.7. The number of rotatable bonds is 3. The van der Waals surface area contributed by atoms with Crippen LogP contribution in [0.2, 0.25) is 0 Å². The summed E-state index contributed by atoms with van der Waals surface area (Å²) in [6.07, 6.45) is 0. The van der Waals surface area contributed by atoms with Crippen LogP contribution in [0.15, 0.2) is 158 Å². The van der Waals surface area contributed by atoms with Crippen molar-refractivity contribution in [3.8, 4) is 28.8 Å². The maximum Gasteiger partial charge on any atom is 0.138 e. The molecule has 3 heterocycles. The summed E-state index contributed by atoms with van der Waals surface area (Å²) in [5.41, 5.74) is 8.37. The second-order valence-electron chi connectivity index (χ2n) is 12.3. The van der Waals surface area contributed by atoms with Crippen molar-refractivity contribution >= 4 is 65.2 Å². The molecule has 222 valence electrons. The van der Waals surface area contributed by atoms with Crippen LogP contribution in [0, 0.1) is 11.3 Å². The molecule has 4 nitrogen and oxygen atoms in total. The first-order valence-corrected chi connectivity index (χ1v) is 16.1. The summed E-state index contributed by atoms with van der Waals surface area (Å²) < 4.78 is 4.75. The van der Waals surface area contributed by atoms with Gasteiger partial charge in [0.15, 0.2) is 0 Å². The van der Waals surface area contributed by atoms with Crippen molar-refractivity contribution in [2.24, 2.45) is 0 Å². The number of benzene rings is 7. The van der Waals surface area contributed by atoms with Crippen LogP contribution in [-0.4, -0.2) is 14.1 Å². The van der Waals surface area contributed by atoms with Crippen LogP contribution in [-0.2, 0) is 0 Å². The van der Waals surface area contributed by atoms with E-state index < -0.39 is 0 Å². The fourth-order valence-electron chi connectivity index (χ4n) is 7.59. The van der Waals surface area contributed by atoms with E-state index in [1.54, 1.807) is 0 Å². The molecule has 7 aromatic carbocycles. The third-order valence-corrected chi connectivity index (χ3v) is 9.71. The molecule has 0 N–H and O–H groups in total. The molecule has 3 aromatic heterocycles. The lowest BCUT2D eigenvalue weighted by atomic mass is 9.98. The molecule has 10 aromatic rings. The van der Waals surface area contributed by atoms with E-state index in [4.69, 9.17) is 4.98 Å². The molecule has 0 bridgehead atoms. The molecular weight excluding hydrogens is 585 g/mol. The highest BCUT2D eigenvalue weighted by atomic mass is 15.1. The fourth-order valence-corrected chi connectivity index (χ4v) is 7.59. The molecule has 0 unspecified atom stereocenters. The molecule has 0 fully saturated rings. The first kappa shape index (κ1) is 26.5. The van der Waals surface area contributed by atoms with Gasteiger partial charge in [0.05, 0.1) is 39.4 Å². The maximum absolute atomic E-state index is 9.37. The topological polar surface area (TPSA) is 46.5 Å². The van der Waals surface area contributed by atoms with Crippen LogP contribution in [0.5, 0.6) is 0 Å². The van der Waals surface area contributed by atoms with E-state index in [2.05, 4.69) is 155 Å². The van der Waals surface area contributed by atoms with Crippen LogP contribution >= 0.6 is 0 Å². The Kier molecular flexibility index (Phi) is 5.61. The predicted molar refractivity (Wildman–Crippen MR) is 198 cm³/mol. The third kappa shape index (κ3) is 3.79. The number of hydrogen-bond donors (Lipinski definition) is 0. The van der Waals surface area contributed by atoms with E-state index in [9.17, 15) is 5.26 Å². The smallest absolute Gasteiger partial charge is 0.138 e. The molecular formula is C44H26N4. The molecule has 0 aliphatic heterocycles. The highest BCUT2D eigenvalue weighted by molar-refractivity contribution is 6.23. The first-order chi connectivity index (χ1) is 23.8. The van der Waals surface area contributed by atoms with E-state index in [1.807, 2.05) is 18.2 Å². The van der Waals surface area contributed by atoms with Crippen molar-refractivity contribution in [1.29, 1.82) is 5.26 Å². The van der Waals surface area contributed by atoms with Gasteiger partial charge in [0.1, 0.15) is 5.82 Å². The molecule has 48 heavy (non-hydrogen) atoms. The Labute approximate surface area is 276 Å². The quantitative estimate of drug-likeness (QED) is 0.187. The molecule has 0 saturated heterocycles. The maximum atomic E-state index is 9.37. The zero-order chi connectivity index (χ0) is 31.8. The van der Waals surface area contributed by atoms with Gasteiger partial charge in [-0.05, 0) is 76.1 Å². The van der Waals surface area contributed by atoms with Gasteiger partial charge >= 0.3 is 0 Å². The average Bonchev–Trinajstić information content (AvgIpc) is 3.68. The van der Waals surface area contributed by atoms with E-state index >= 15 is 0 Å². The zero-order valence-corrected chi connectivity index (χ0v) is 25.8. The van der Waals surface area contributed by atoms with Gasteiger partial charge in [-0.15, -0.1) is 0 Å². The van der Waals surface area contributed by atoms with Crippen LogP contribution in [0.3, 0.4) is 0 Å². The second kappa shape index (κ2) is 10.2. The Balaban J connectivity index is 1.24. The van der Waals surface area contributed by atoms with E-state index in [1.165, 1.54) is 32.6 Å². The molecule has 0 radical (unpaired) electrons. The summed E-state index contributed by atoms with van der Waals surface area (Å²) in [7, 11) is 0. The first-order valence-electron chi connectivity index (χ1n) is 16.1.